The lowest BCUT2D eigenvalue weighted by atomic mass is 10.3. The first-order chi connectivity index (χ1) is 8.04. The third-order valence-electron chi connectivity index (χ3n) is 2.10. The molecule has 4 N–H and O–H groups in total. The summed E-state index contributed by atoms with van der Waals surface area (Å²) in [6, 6.07) is 11.7. The van der Waals surface area contributed by atoms with E-state index < -0.39 is 0 Å². The van der Waals surface area contributed by atoms with Gasteiger partial charge in [-0.1, -0.05) is 27.7 Å². The summed E-state index contributed by atoms with van der Waals surface area (Å²) in [6.07, 6.45) is 0. The summed E-state index contributed by atoms with van der Waals surface area (Å²) in [5, 5.41) is 0. The van der Waals surface area contributed by atoms with Crippen molar-refractivity contribution >= 4 is 55.0 Å². The molecule has 0 spiro atoms. The predicted molar refractivity (Wildman–Crippen MR) is 81.2 cm³/mol. The third kappa shape index (κ3) is 3.40. The van der Waals surface area contributed by atoms with Crippen molar-refractivity contribution in [3.8, 4) is 0 Å². The van der Waals surface area contributed by atoms with Crippen molar-refractivity contribution in [2.45, 2.75) is 9.79 Å². The van der Waals surface area contributed by atoms with Crippen molar-refractivity contribution < 1.29 is 0 Å². The van der Waals surface area contributed by atoms with Crippen LogP contribution in [0.2, 0.25) is 0 Å². The molecular weight excluding hydrogens is 364 g/mol. The molecule has 0 radical (unpaired) electrons. The molecular formula is C12H10Br2N2S. The van der Waals surface area contributed by atoms with Gasteiger partial charge in [0.25, 0.3) is 0 Å². The average molecular weight is 374 g/mol. The molecule has 5 heteroatoms. The van der Waals surface area contributed by atoms with Crippen molar-refractivity contribution in [1.82, 2.24) is 0 Å². The number of halogens is 2. The van der Waals surface area contributed by atoms with Gasteiger partial charge in [0.2, 0.25) is 0 Å². The highest BCUT2D eigenvalue weighted by Crippen LogP contribution is 2.34. The van der Waals surface area contributed by atoms with Crippen LogP contribution >= 0.6 is 43.6 Å². The molecule has 0 aromatic heterocycles. The van der Waals surface area contributed by atoms with Gasteiger partial charge in [0.15, 0.2) is 0 Å². The van der Waals surface area contributed by atoms with Crippen LogP contribution in [0.1, 0.15) is 0 Å². The number of nitrogens with two attached hydrogens (primary N) is 2. The highest BCUT2D eigenvalue weighted by molar-refractivity contribution is 9.10. The molecule has 0 bridgehead atoms. The van der Waals surface area contributed by atoms with E-state index in [1.165, 1.54) is 0 Å². The van der Waals surface area contributed by atoms with Crippen molar-refractivity contribution in [2.24, 2.45) is 0 Å². The fourth-order valence-electron chi connectivity index (χ4n) is 1.35. The zero-order valence-corrected chi connectivity index (χ0v) is 12.8. The van der Waals surface area contributed by atoms with E-state index in [9.17, 15) is 0 Å². The fourth-order valence-corrected chi connectivity index (χ4v) is 3.51. The molecule has 0 fully saturated rings. The molecule has 0 saturated heterocycles. The molecule has 0 atom stereocenters. The largest absolute Gasteiger partial charge is 0.399 e. The predicted octanol–water partition coefficient (Wildman–Crippen LogP) is 4.53. The summed E-state index contributed by atoms with van der Waals surface area (Å²) < 4.78 is 1.89. The number of nitrogen functional groups attached to an aromatic ring is 2. The van der Waals surface area contributed by atoms with Crippen LogP contribution in [0.25, 0.3) is 0 Å². The molecule has 17 heavy (non-hydrogen) atoms. The number of rotatable bonds is 2. The molecule has 88 valence electrons. The zero-order chi connectivity index (χ0) is 12.4. The van der Waals surface area contributed by atoms with Gasteiger partial charge < -0.3 is 11.5 Å². The van der Waals surface area contributed by atoms with Crippen LogP contribution in [-0.2, 0) is 0 Å². The van der Waals surface area contributed by atoms with Crippen molar-refractivity contribution in [3.05, 3.63) is 45.3 Å². The number of hydrogen-bond donors (Lipinski definition) is 2. The van der Waals surface area contributed by atoms with E-state index in [1.807, 2.05) is 36.4 Å². The lowest BCUT2D eigenvalue weighted by molar-refractivity contribution is 1.38. The second-order valence-corrected chi connectivity index (χ2v) is 6.42. The van der Waals surface area contributed by atoms with Crippen molar-refractivity contribution in [3.63, 3.8) is 0 Å². The van der Waals surface area contributed by atoms with Gasteiger partial charge >= 0.3 is 0 Å². The fraction of sp³-hybridized carbons (Fsp3) is 0. The van der Waals surface area contributed by atoms with Gasteiger partial charge in [0, 0.05) is 30.1 Å². The quantitative estimate of drug-likeness (QED) is 0.760. The third-order valence-corrected chi connectivity index (χ3v) is 4.21. The molecule has 2 aromatic carbocycles. The average Bonchev–Trinajstić information content (AvgIpc) is 2.22. The monoisotopic (exact) mass is 372 g/mol. The normalized spacial score (nSPS) is 10.5. The summed E-state index contributed by atoms with van der Waals surface area (Å²) in [4.78, 5) is 2.21. The Hall–Kier alpha value is -0.650. The first kappa shape index (κ1) is 12.8. The number of anilines is 2. The molecule has 0 aliphatic rings. The van der Waals surface area contributed by atoms with E-state index in [0.717, 1.165) is 30.1 Å². The Kier molecular flexibility index (Phi) is 4.01. The van der Waals surface area contributed by atoms with Crippen LogP contribution in [0.5, 0.6) is 0 Å². The zero-order valence-electron chi connectivity index (χ0n) is 8.78. The second-order valence-electron chi connectivity index (χ2n) is 3.51. The lowest BCUT2D eigenvalue weighted by Crippen LogP contribution is -1.87. The van der Waals surface area contributed by atoms with E-state index in [2.05, 4.69) is 31.9 Å². The summed E-state index contributed by atoms with van der Waals surface area (Å²) in [6.45, 7) is 0. The number of hydrogen-bond acceptors (Lipinski definition) is 3. The second kappa shape index (κ2) is 5.33. The number of benzene rings is 2. The Labute approximate surface area is 121 Å². The molecule has 2 nitrogen and oxygen atoms in total. The van der Waals surface area contributed by atoms with Crippen molar-refractivity contribution in [2.75, 3.05) is 11.5 Å². The van der Waals surface area contributed by atoms with E-state index in [1.54, 1.807) is 11.8 Å². The van der Waals surface area contributed by atoms with Gasteiger partial charge in [-0.25, -0.2) is 0 Å². The first-order valence-electron chi connectivity index (χ1n) is 4.83. The minimum atomic E-state index is 0.739. The van der Waals surface area contributed by atoms with E-state index >= 15 is 0 Å². The Morgan fingerprint density at radius 3 is 2.29 bits per heavy atom. The van der Waals surface area contributed by atoms with Gasteiger partial charge in [-0.15, -0.1) is 0 Å². The summed E-state index contributed by atoms with van der Waals surface area (Å²) in [5.41, 5.74) is 13.0. The SMILES string of the molecule is Nc1cc(Br)cc(Sc2ccc(N)c(Br)c2)c1. The van der Waals surface area contributed by atoms with Crippen LogP contribution in [0.3, 0.4) is 0 Å². The first-order valence-corrected chi connectivity index (χ1v) is 7.24. The summed E-state index contributed by atoms with van der Waals surface area (Å²) in [7, 11) is 0. The van der Waals surface area contributed by atoms with Gasteiger partial charge in [-0.05, 0) is 52.3 Å². The smallest absolute Gasteiger partial charge is 0.0459 e. The Morgan fingerprint density at radius 2 is 1.65 bits per heavy atom. The molecule has 0 amide bonds. The van der Waals surface area contributed by atoms with Crippen LogP contribution < -0.4 is 11.5 Å². The maximum absolute atomic E-state index is 5.79. The minimum absolute atomic E-state index is 0.739. The van der Waals surface area contributed by atoms with Crippen molar-refractivity contribution in [1.29, 1.82) is 0 Å². The Morgan fingerprint density at radius 1 is 0.882 bits per heavy atom. The maximum Gasteiger partial charge on any atom is 0.0459 e. The molecule has 0 unspecified atom stereocenters. The summed E-state index contributed by atoms with van der Waals surface area (Å²) >= 11 is 8.49. The highest BCUT2D eigenvalue weighted by atomic mass is 79.9. The molecule has 0 aliphatic heterocycles. The molecule has 0 heterocycles. The maximum atomic E-state index is 5.79. The Bertz CT molecular complexity index is 538. The minimum Gasteiger partial charge on any atom is -0.399 e. The van der Waals surface area contributed by atoms with E-state index in [-0.39, 0.29) is 0 Å². The van der Waals surface area contributed by atoms with Crippen LogP contribution in [0.15, 0.2) is 55.1 Å². The molecule has 2 rings (SSSR count). The van der Waals surface area contributed by atoms with Gasteiger partial charge in [0.1, 0.15) is 0 Å². The summed E-state index contributed by atoms with van der Waals surface area (Å²) in [5.74, 6) is 0. The Balaban J connectivity index is 2.28. The van der Waals surface area contributed by atoms with Crippen LogP contribution in [-0.4, -0.2) is 0 Å². The van der Waals surface area contributed by atoms with Gasteiger partial charge in [0.05, 0.1) is 0 Å². The van der Waals surface area contributed by atoms with Gasteiger partial charge in [-0.3, -0.25) is 0 Å². The standard InChI is InChI=1S/C12H10Br2N2S/c13-7-3-8(15)5-10(4-7)17-9-1-2-12(16)11(14)6-9/h1-6H,15-16H2. The van der Waals surface area contributed by atoms with Gasteiger partial charge in [-0.2, -0.15) is 0 Å². The topological polar surface area (TPSA) is 52.0 Å². The molecule has 0 aliphatic carbocycles. The van der Waals surface area contributed by atoms with E-state index in [4.69, 9.17) is 11.5 Å². The van der Waals surface area contributed by atoms with Crippen LogP contribution in [0.4, 0.5) is 11.4 Å². The van der Waals surface area contributed by atoms with Crippen LogP contribution in [0, 0.1) is 0 Å². The molecule has 0 saturated carbocycles. The van der Waals surface area contributed by atoms with E-state index in [0.29, 0.717) is 0 Å². The molecule has 2 aromatic rings. The lowest BCUT2D eigenvalue weighted by Gasteiger charge is -2.05. The highest BCUT2D eigenvalue weighted by Gasteiger charge is 2.02.